The molecule has 2 rings (SSSR count). The molecule has 0 fully saturated rings. The first-order valence-electron chi connectivity index (χ1n) is 7.46. The third kappa shape index (κ3) is 3.17. The van der Waals surface area contributed by atoms with Gasteiger partial charge in [0.1, 0.15) is 0 Å². The van der Waals surface area contributed by atoms with Gasteiger partial charge in [-0.15, -0.1) is 0 Å². The Morgan fingerprint density at radius 2 is 1.61 bits per heavy atom. The first kappa shape index (κ1) is 17.3. The zero-order valence-electron chi connectivity index (χ0n) is 13.4. The molecule has 0 atom stereocenters. The Bertz CT molecular complexity index is 683. The van der Waals surface area contributed by atoms with Crippen molar-refractivity contribution in [2.45, 2.75) is 26.2 Å². The van der Waals surface area contributed by atoms with Crippen molar-refractivity contribution in [1.82, 2.24) is 0 Å². The summed E-state index contributed by atoms with van der Waals surface area (Å²) in [6, 6.07) is 7.44. The number of allylic oxidation sites excluding steroid dienone is 2. The van der Waals surface area contributed by atoms with Gasteiger partial charge in [0, 0.05) is 11.1 Å². The zero-order chi connectivity index (χ0) is 17.0. The summed E-state index contributed by atoms with van der Waals surface area (Å²) in [6.45, 7) is 2.07. The van der Waals surface area contributed by atoms with Crippen molar-refractivity contribution < 1.29 is 19.1 Å². The van der Waals surface area contributed by atoms with Gasteiger partial charge in [-0.25, -0.2) is 9.59 Å². The van der Waals surface area contributed by atoms with Crippen molar-refractivity contribution in [3.05, 3.63) is 46.5 Å². The van der Waals surface area contributed by atoms with Crippen LogP contribution in [-0.4, -0.2) is 26.2 Å². The molecule has 0 aromatic heterocycles. The van der Waals surface area contributed by atoms with Gasteiger partial charge in [-0.3, -0.25) is 0 Å². The molecule has 0 N–H and O–H groups in total. The number of rotatable bonds is 5. The van der Waals surface area contributed by atoms with E-state index in [-0.39, 0.29) is 5.57 Å². The maximum Gasteiger partial charge on any atom is 0.345 e. The molecule has 23 heavy (non-hydrogen) atoms. The van der Waals surface area contributed by atoms with Crippen LogP contribution in [0.3, 0.4) is 0 Å². The van der Waals surface area contributed by atoms with Crippen LogP contribution in [-0.2, 0) is 19.1 Å². The Labute approximate surface area is 140 Å². The molecule has 1 aliphatic carbocycles. The summed E-state index contributed by atoms with van der Waals surface area (Å²) in [6.07, 6.45) is 2.55. The van der Waals surface area contributed by atoms with Gasteiger partial charge in [0.25, 0.3) is 0 Å². The fourth-order valence-electron chi connectivity index (χ4n) is 2.69. The van der Waals surface area contributed by atoms with Crippen molar-refractivity contribution >= 4 is 34.1 Å². The average Bonchev–Trinajstić information content (AvgIpc) is 2.85. The minimum Gasteiger partial charge on any atom is -0.465 e. The van der Waals surface area contributed by atoms with E-state index in [0.717, 1.165) is 29.5 Å². The number of halogens is 1. The van der Waals surface area contributed by atoms with Crippen LogP contribution in [0.25, 0.3) is 10.6 Å². The molecular weight excluding hydrogens is 316 g/mol. The van der Waals surface area contributed by atoms with Crippen LogP contribution in [0, 0.1) is 0 Å². The number of ether oxygens (including phenoxy) is 2. The van der Waals surface area contributed by atoms with Gasteiger partial charge in [-0.2, -0.15) is 0 Å². The summed E-state index contributed by atoms with van der Waals surface area (Å²) in [5.41, 5.74) is 2.79. The van der Waals surface area contributed by atoms with Gasteiger partial charge < -0.3 is 9.47 Å². The first-order chi connectivity index (χ1) is 11.1. The van der Waals surface area contributed by atoms with E-state index in [4.69, 9.17) is 21.1 Å². The van der Waals surface area contributed by atoms with Gasteiger partial charge in [0.2, 0.25) is 0 Å². The second-order valence-electron chi connectivity index (χ2n) is 5.17. The lowest BCUT2D eigenvalue weighted by Crippen LogP contribution is -2.18. The van der Waals surface area contributed by atoms with Gasteiger partial charge >= 0.3 is 11.9 Å². The Hall–Kier alpha value is -2.07. The zero-order valence-corrected chi connectivity index (χ0v) is 14.2. The van der Waals surface area contributed by atoms with Crippen molar-refractivity contribution in [2.24, 2.45) is 0 Å². The van der Waals surface area contributed by atoms with E-state index >= 15 is 0 Å². The number of hydrogen-bond acceptors (Lipinski definition) is 4. The summed E-state index contributed by atoms with van der Waals surface area (Å²) >= 11 is 6.52. The summed E-state index contributed by atoms with van der Waals surface area (Å²) in [5, 5.41) is 0.578. The largest absolute Gasteiger partial charge is 0.465 e. The molecule has 1 aromatic rings. The standard InChI is InChI=1S/C18H19ClO4/c1-4-5-8-13-14(15(17(20)22-2)18(21)23-3)11-9-6-7-10-12(11)16(13)19/h6-7,9-10H,4-5,8H2,1-3H3. The Kier molecular flexibility index (Phi) is 5.61. The van der Waals surface area contributed by atoms with Crippen molar-refractivity contribution in [3.8, 4) is 0 Å². The molecule has 0 saturated heterocycles. The van der Waals surface area contributed by atoms with Crippen LogP contribution in [0.5, 0.6) is 0 Å². The number of methoxy groups -OCH3 is 2. The highest BCUT2D eigenvalue weighted by Crippen LogP contribution is 2.47. The van der Waals surface area contributed by atoms with Crippen molar-refractivity contribution in [1.29, 1.82) is 0 Å². The van der Waals surface area contributed by atoms with E-state index in [0.29, 0.717) is 17.0 Å². The van der Waals surface area contributed by atoms with E-state index in [1.807, 2.05) is 24.3 Å². The van der Waals surface area contributed by atoms with Gasteiger partial charge in [-0.05, 0) is 24.0 Å². The minimum atomic E-state index is -0.720. The molecule has 1 aromatic carbocycles. The second-order valence-corrected chi connectivity index (χ2v) is 5.55. The highest BCUT2D eigenvalue weighted by atomic mass is 35.5. The SMILES string of the molecule is CCCCC1=C(Cl)c2ccccc2C1=C(C(=O)OC)C(=O)OC. The number of unbranched alkanes of at least 4 members (excludes halogenated alkanes) is 1. The molecule has 0 spiro atoms. The number of fused-ring (bicyclic) bond motifs is 1. The van der Waals surface area contributed by atoms with Gasteiger partial charge in [0.15, 0.2) is 5.57 Å². The van der Waals surface area contributed by atoms with Crippen molar-refractivity contribution in [2.75, 3.05) is 14.2 Å². The molecule has 0 unspecified atom stereocenters. The number of carbonyl (C=O) groups is 2. The summed E-state index contributed by atoms with van der Waals surface area (Å²) in [4.78, 5) is 24.4. The maximum absolute atomic E-state index is 12.2. The van der Waals surface area contributed by atoms with E-state index in [2.05, 4.69) is 6.92 Å². The third-order valence-electron chi connectivity index (χ3n) is 3.81. The number of benzene rings is 1. The highest BCUT2D eigenvalue weighted by Gasteiger charge is 2.33. The third-order valence-corrected chi connectivity index (χ3v) is 4.24. The lowest BCUT2D eigenvalue weighted by molar-refractivity contribution is -0.143. The number of hydrogen-bond donors (Lipinski definition) is 0. The summed E-state index contributed by atoms with van der Waals surface area (Å²) in [5.74, 6) is -1.44. The van der Waals surface area contributed by atoms with Crippen LogP contribution in [0.4, 0.5) is 0 Å². The van der Waals surface area contributed by atoms with E-state index < -0.39 is 11.9 Å². The normalized spacial score (nSPS) is 13.0. The van der Waals surface area contributed by atoms with E-state index in [1.54, 1.807) is 0 Å². The molecular formula is C18H19ClO4. The highest BCUT2D eigenvalue weighted by molar-refractivity contribution is 6.52. The molecule has 0 radical (unpaired) electrons. The molecule has 0 aliphatic heterocycles. The van der Waals surface area contributed by atoms with Crippen LogP contribution in [0.1, 0.15) is 37.3 Å². The Balaban J connectivity index is 2.74. The first-order valence-corrected chi connectivity index (χ1v) is 7.84. The Morgan fingerprint density at radius 3 is 2.13 bits per heavy atom. The monoisotopic (exact) mass is 334 g/mol. The fourth-order valence-corrected chi connectivity index (χ4v) is 3.05. The van der Waals surface area contributed by atoms with Gasteiger partial charge in [-0.1, -0.05) is 49.2 Å². The molecule has 4 nitrogen and oxygen atoms in total. The van der Waals surface area contributed by atoms with Crippen LogP contribution >= 0.6 is 11.6 Å². The molecule has 122 valence electrons. The van der Waals surface area contributed by atoms with E-state index in [1.165, 1.54) is 14.2 Å². The van der Waals surface area contributed by atoms with Gasteiger partial charge in [0.05, 0.1) is 19.3 Å². The predicted molar refractivity (Wildman–Crippen MR) is 89.7 cm³/mol. The van der Waals surface area contributed by atoms with Crippen LogP contribution < -0.4 is 0 Å². The topological polar surface area (TPSA) is 52.6 Å². The smallest absolute Gasteiger partial charge is 0.345 e. The predicted octanol–water partition coefficient (Wildman–Crippen LogP) is 3.94. The fraction of sp³-hybridized carbons (Fsp3) is 0.333. The molecule has 5 heteroatoms. The molecule has 0 bridgehead atoms. The summed E-state index contributed by atoms with van der Waals surface area (Å²) < 4.78 is 9.57. The molecule has 0 heterocycles. The van der Waals surface area contributed by atoms with Crippen LogP contribution in [0.15, 0.2) is 35.4 Å². The average molecular weight is 335 g/mol. The molecule has 1 aliphatic rings. The number of esters is 2. The van der Waals surface area contributed by atoms with Crippen molar-refractivity contribution in [3.63, 3.8) is 0 Å². The number of carbonyl (C=O) groups excluding carboxylic acids is 2. The molecule has 0 saturated carbocycles. The van der Waals surface area contributed by atoms with E-state index in [9.17, 15) is 9.59 Å². The molecule has 0 amide bonds. The summed E-state index contributed by atoms with van der Waals surface area (Å²) in [7, 11) is 2.48. The quantitative estimate of drug-likeness (QED) is 0.354. The lowest BCUT2D eigenvalue weighted by Gasteiger charge is -2.12. The minimum absolute atomic E-state index is 0.107. The van der Waals surface area contributed by atoms with Crippen LogP contribution in [0.2, 0.25) is 0 Å². The second kappa shape index (κ2) is 7.47. The lowest BCUT2D eigenvalue weighted by atomic mass is 9.94. The maximum atomic E-state index is 12.2. The Morgan fingerprint density at radius 1 is 1.04 bits per heavy atom.